The summed E-state index contributed by atoms with van der Waals surface area (Å²) in [5, 5.41) is 7.04. The lowest BCUT2D eigenvalue weighted by Crippen LogP contribution is -2.00. The summed E-state index contributed by atoms with van der Waals surface area (Å²) >= 11 is 1.45. The number of benzene rings is 1. The van der Waals surface area contributed by atoms with Gasteiger partial charge in [-0.2, -0.15) is 5.10 Å². The maximum absolute atomic E-state index is 5.70. The first-order chi connectivity index (χ1) is 9.54. The zero-order valence-corrected chi connectivity index (χ0v) is 12.5. The number of nitrogens with two attached hydrogens (primary N) is 1. The third-order valence-electron chi connectivity index (χ3n) is 3.26. The van der Waals surface area contributed by atoms with Gasteiger partial charge in [-0.3, -0.25) is 0 Å². The first-order valence-electron chi connectivity index (χ1n) is 6.39. The standard InChI is InChI=1S/C15H16N4S/c1-9-4-10(2)6-12(5-9)19-11(3)13(7-17-19)14-8-20-15(16)18-14/h4-8H,1-3H3,(H2,16,18). The zero-order chi connectivity index (χ0) is 14.3. The predicted molar refractivity (Wildman–Crippen MR) is 83.3 cm³/mol. The number of aromatic nitrogens is 3. The molecule has 0 amide bonds. The molecular formula is C15H16N4S. The van der Waals surface area contributed by atoms with Crippen molar-refractivity contribution in [2.75, 3.05) is 5.73 Å². The molecule has 0 spiro atoms. The molecule has 2 aromatic heterocycles. The Morgan fingerprint density at radius 2 is 1.80 bits per heavy atom. The average Bonchev–Trinajstić information content (AvgIpc) is 2.94. The molecule has 0 atom stereocenters. The van der Waals surface area contributed by atoms with Crippen molar-refractivity contribution in [3.63, 3.8) is 0 Å². The summed E-state index contributed by atoms with van der Waals surface area (Å²) < 4.78 is 1.95. The van der Waals surface area contributed by atoms with Crippen LogP contribution in [-0.4, -0.2) is 14.8 Å². The fourth-order valence-corrected chi connectivity index (χ4v) is 2.97. The molecular weight excluding hydrogens is 268 g/mol. The third kappa shape index (κ3) is 2.20. The van der Waals surface area contributed by atoms with E-state index in [-0.39, 0.29) is 0 Å². The van der Waals surface area contributed by atoms with Gasteiger partial charge in [-0.15, -0.1) is 11.3 Å². The molecule has 1 aromatic carbocycles. The van der Waals surface area contributed by atoms with Crippen LogP contribution in [0.25, 0.3) is 16.9 Å². The number of nitrogen functional groups attached to an aromatic ring is 1. The van der Waals surface area contributed by atoms with Crippen molar-refractivity contribution in [1.29, 1.82) is 0 Å². The van der Waals surface area contributed by atoms with Gasteiger partial charge in [0.05, 0.1) is 23.3 Å². The number of hydrogen-bond donors (Lipinski definition) is 1. The van der Waals surface area contributed by atoms with E-state index in [0.29, 0.717) is 5.13 Å². The normalized spacial score (nSPS) is 10.9. The fourth-order valence-electron chi connectivity index (χ4n) is 2.41. The van der Waals surface area contributed by atoms with Crippen LogP contribution in [0.4, 0.5) is 5.13 Å². The molecule has 20 heavy (non-hydrogen) atoms. The Morgan fingerprint density at radius 3 is 2.40 bits per heavy atom. The summed E-state index contributed by atoms with van der Waals surface area (Å²) in [6.45, 7) is 6.24. The molecule has 0 aliphatic carbocycles. The minimum absolute atomic E-state index is 0.582. The van der Waals surface area contributed by atoms with Gasteiger partial charge in [-0.05, 0) is 44.0 Å². The lowest BCUT2D eigenvalue weighted by Gasteiger charge is -2.07. The molecule has 3 aromatic rings. The van der Waals surface area contributed by atoms with Gasteiger partial charge in [0.1, 0.15) is 0 Å². The summed E-state index contributed by atoms with van der Waals surface area (Å²) in [6.07, 6.45) is 1.85. The van der Waals surface area contributed by atoms with E-state index in [1.165, 1.54) is 22.5 Å². The Hall–Kier alpha value is -2.14. The minimum atomic E-state index is 0.582. The molecule has 0 unspecified atom stereocenters. The second-order valence-electron chi connectivity index (χ2n) is 4.97. The molecule has 5 heteroatoms. The second kappa shape index (κ2) is 4.76. The van der Waals surface area contributed by atoms with Gasteiger partial charge >= 0.3 is 0 Å². The highest BCUT2D eigenvalue weighted by atomic mass is 32.1. The number of rotatable bonds is 2. The molecule has 0 aliphatic rings. The highest BCUT2D eigenvalue weighted by Crippen LogP contribution is 2.27. The monoisotopic (exact) mass is 284 g/mol. The summed E-state index contributed by atoms with van der Waals surface area (Å²) in [4.78, 5) is 4.33. The Bertz CT molecular complexity index is 750. The predicted octanol–water partition coefficient (Wildman–Crippen LogP) is 3.50. The average molecular weight is 284 g/mol. The molecule has 0 saturated heterocycles. The first-order valence-corrected chi connectivity index (χ1v) is 7.27. The molecule has 2 N–H and O–H groups in total. The summed E-state index contributed by atoms with van der Waals surface area (Å²) in [6, 6.07) is 6.42. The van der Waals surface area contributed by atoms with Crippen molar-refractivity contribution in [2.24, 2.45) is 0 Å². The maximum atomic E-state index is 5.70. The van der Waals surface area contributed by atoms with Crippen LogP contribution in [0.1, 0.15) is 16.8 Å². The van der Waals surface area contributed by atoms with Gasteiger partial charge in [0, 0.05) is 10.9 Å². The van der Waals surface area contributed by atoms with Crippen LogP contribution in [0.2, 0.25) is 0 Å². The molecule has 4 nitrogen and oxygen atoms in total. The molecule has 0 aliphatic heterocycles. The lowest BCUT2D eigenvalue weighted by molar-refractivity contribution is 0.845. The van der Waals surface area contributed by atoms with E-state index in [9.17, 15) is 0 Å². The van der Waals surface area contributed by atoms with Crippen LogP contribution in [0.3, 0.4) is 0 Å². The summed E-state index contributed by atoms with van der Waals surface area (Å²) in [5.74, 6) is 0. The number of aryl methyl sites for hydroxylation is 2. The minimum Gasteiger partial charge on any atom is -0.375 e. The Morgan fingerprint density at radius 1 is 1.10 bits per heavy atom. The van der Waals surface area contributed by atoms with Crippen LogP contribution < -0.4 is 5.73 Å². The number of hydrogen-bond acceptors (Lipinski definition) is 4. The Kier molecular flexibility index (Phi) is 3.06. The van der Waals surface area contributed by atoms with E-state index in [1.54, 1.807) is 0 Å². The molecule has 102 valence electrons. The topological polar surface area (TPSA) is 56.7 Å². The van der Waals surface area contributed by atoms with Crippen molar-refractivity contribution < 1.29 is 0 Å². The lowest BCUT2D eigenvalue weighted by atomic mass is 10.1. The van der Waals surface area contributed by atoms with Gasteiger partial charge in [0.15, 0.2) is 5.13 Å². The molecule has 2 heterocycles. The van der Waals surface area contributed by atoms with Crippen molar-refractivity contribution in [2.45, 2.75) is 20.8 Å². The molecule has 0 saturated carbocycles. The van der Waals surface area contributed by atoms with Gasteiger partial charge in [-0.1, -0.05) is 6.07 Å². The summed E-state index contributed by atoms with van der Waals surface area (Å²) in [5.41, 5.74) is 12.2. The molecule has 0 radical (unpaired) electrons. The quantitative estimate of drug-likeness (QED) is 0.783. The fraction of sp³-hybridized carbons (Fsp3) is 0.200. The Labute approximate surface area is 121 Å². The van der Waals surface area contributed by atoms with Crippen LogP contribution in [-0.2, 0) is 0 Å². The number of anilines is 1. The van der Waals surface area contributed by atoms with E-state index < -0.39 is 0 Å². The molecule has 0 fully saturated rings. The van der Waals surface area contributed by atoms with E-state index in [0.717, 1.165) is 22.6 Å². The van der Waals surface area contributed by atoms with Crippen LogP contribution in [0.15, 0.2) is 29.8 Å². The first kappa shape index (κ1) is 12.9. The van der Waals surface area contributed by atoms with E-state index in [1.807, 2.05) is 16.3 Å². The van der Waals surface area contributed by atoms with E-state index in [4.69, 9.17) is 5.73 Å². The molecule has 0 bridgehead atoms. The smallest absolute Gasteiger partial charge is 0.180 e. The maximum Gasteiger partial charge on any atom is 0.180 e. The van der Waals surface area contributed by atoms with Gasteiger partial charge in [0.2, 0.25) is 0 Å². The largest absolute Gasteiger partial charge is 0.375 e. The summed E-state index contributed by atoms with van der Waals surface area (Å²) in [7, 11) is 0. The van der Waals surface area contributed by atoms with Crippen LogP contribution >= 0.6 is 11.3 Å². The molecule has 3 rings (SSSR count). The Balaban J connectivity index is 2.10. The van der Waals surface area contributed by atoms with Crippen molar-refractivity contribution in [3.8, 4) is 16.9 Å². The van der Waals surface area contributed by atoms with Gasteiger partial charge < -0.3 is 5.73 Å². The number of nitrogens with zero attached hydrogens (tertiary/aromatic N) is 3. The zero-order valence-electron chi connectivity index (χ0n) is 11.7. The second-order valence-corrected chi connectivity index (χ2v) is 5.86. The van der Waals surface area contributed by atoms with Gasteiger partial charge in [0.25, 0.3) is 0 Å². The van der Waals surface area contributed by atoms with Crippen LogP contribution in [0.5, 0.6) is 0 Å². The SMILES string of the molecule is Cc1cc(C)cc(-n2ncc(-c3csc(N)n3)c2C)c1. The van der Waals surface area contributed by atoms with Crippen molar-refractivity contribution in [1.82, 2.24) is 14.8 Å². The third-order valence-corrected chi connectivity index (χ3v) is 3.93. The van der Waals surface area contributed by atoms with Crippen molar-refractivity contribution >= 4 is 16.5 Å². The highest BCUT2D eigenvalue weighted by molar-refractivity contribution is 7.13. The van der Waals surface area contributed by atoms with E-state index in [2.05, 4.69) is 49.1 Å². The number of thiazole rings is 1. The van der Waals surface area contributed by atoms with Crippen LogP contribution in [0, 0.1) is 20.8 Å². The highest BCUT2D eigenvalue weighted by Gasteiger charge is 2.12. The van der Waals surface area contributed by atoms with Gasteiger partial charge in [-0.25, -0.2) is 9.67 Å². The van der Waals surface area contributed by atoms with Crippen molar-refractivity contribution in [3.05, 3.63) is 46.6 Å². The van der Waals surface area contributed by atoms with E-state index >= 15 is 0 Å².